The first kappa shape index (κ1) is 12.5. The molecule has 0 unspecified atom stereocenters. The molecule has 1 heterocycles. The number of aromatic nitrogens is 2. The van der Waals surface area contributed by atoms with E-state index in [1.165, 1.54) is 0 Å². The van der Waals surface area contributed by atoms with E-state index in [0.717, 1.165) is 12.7 Å². The molecule has 1 aromatic rings. The summed E-state index contributed by atoms with van der Waals surface area (Å²) in [4.78, 5) is 7.51. The lowest BCUT2D eigenvalue weighted by Gasteiger charge is -2.13. The fraction of sp³-hybridized carbons (Fsp3) is 0.556. The Balaban J connectivity index is 2.82. The van der Waals surface area contributed by atoms with Crippen molar-refractivity contribution >= 4 is 11.6 Å². The molecule has 0 aliphatic carbocycles. The summed E-state index contributed by atoms with van der Waals surface area (Å²) in [6, 6.07) is 0. The molecule has 0 atom stereocenters. The van der Waals surface area contributed by atoms with Gasteiger partial charge >= 0.3 is 6.18 Å². The Kier molecular flexibility index (Phi) is 3.92. The molecule has 1 rings (SSSR count). The fourth-order valence-electron chi connectivity index (χ4n) is 1.26. The third-order valence-corrected chi connectivity index (χ3v) is 1.93. The largest absolute Gasteiger partial charge is 0.405 e. The molecule has 0 aromatic carbocycles. The van der Waals surface area contributed by atoms with Gasteiger partial charge in [-0.3, -0.25) is 0 Å². The van der Waals surface area contributed by atoms with E-state index >= 15 is 0 Å². The lowest BCUT2D eigenvalue weighted by atomic mass is 10.1. The fourth-order valence-corrected chi connectivity index (χ4v) is 1.26. The van der Waals surface area contributed by atoms with Crippen LogP contribution in [0, 0.1) is 0 Å². The summed E-state index contributed by atoms with van der Waals surface area (Å²) in [7, 11) is 0. The summed E-state index contributed by atoms with van der Waals surface area (Å²) in [5.41, 5.74) is 6.11. The van der Waals surface area contributed by atoms with Gasteiger partial charge in [0.15, 0.2) is 0 Å². The first-order valence-corrected chi connectivity index (χ1v) is 4.84. The molecular weight excluding hydrogens is 221 g/mol. The van der Waals surface area contributed by atoms with Crippen LogP contribution in [0.2, 0.25) is 0 Å². The molecule has 0 radical (unpaired) electrons. The highest BCUT2D eigenvalue weighted by atomic mass is 19.4. The van der Waals surface area contributed by atoms with Crippen LogP contribution in [-0.4, -0.2) is 22.7 Å². The van der Waals surface area contributed by atoms with Crippen molar-refractivity contribution in [1.82, 2.24) is 9.97 Å². The Morgan fingerprint density at radius 1 is 1.38 bits per heavy atom. The number of hydrogen-bond acceptors (Lipinski definition) is 4. The van der Waals surface area contributed by atoms with Gasteiger partial charge in [-0.15, -0.1) is 0 Å². The third-order valence-electron chi connectivity index (χ3n) is 1.93. The molecule has 16 heavy (non-hydrogen) atoms. The molecule has 0 aliphatic heterocycles. The minimum atomic E-state index is -4.27. The van der Waals surface area contributed by atoms with Crippen LogP contribution in [0.1, 0.15) is 18.9 Å². The summed E-state index contributed by atoms with van der Waals surface area (Å²) >= 11 is 0. The SMILES string of the molecule is CCCc1c(N)ncnc1NCC(F)(F)F. The quantitative estimate of drug-likeness (QED) is 0.836. The van der Waals surface area contributed by atoms with E-state index in [-0.39, 0.29) is 11.6 Å². The highest BCUT2D eigenvalue weighted by Gasteiger charge is 2.27. The number of nitrogens with zero attached hydrogens (tertiary/aromatic N) is 2. The number of rotatable bonds is 4. The third kappa shape index (κ3) is 3.56. The van der Waals surface area contributed by atoms with E-state index in [1.54, 1.807) is 0 Å². The molecule has 1 aromatic heterocycles. The van der Waals surface area contributed by atoms with E-state index < -0.39 is 12.7 Å². The van der Waals surface area contributed by atoms with Gasteiger partial charge in [0.1, 0.15) is 24.5 Å². The second-order valence-electron chi connectivity index (χ2n) is 3.30. The molecule has 4 nitrogen and oxygen atoms in total. The highest BCUT2D eigenvalue weighted by Crippen LogP contribution is 2.21. The number of hydrogen-bond donors (Lipinski definition) is 2. The number of nitrogen functional groups attached to an aromatic ring is 1. The molecule has 0 bridgehead atoms. The Morgan fingerprint density at radius 2 is 2.06 bits per heavy atom. The topological polar surface area (TPSA) is 63.8 Å². The lowest BCUT2D eigenvalue weighted by Crippen LogP contribution is -2.22. The molecule has 0 amide bonds. The molecule has 90 valence electrons. The minimum absolute atomic E-state index is 0.159. The number of halogens is 3. The van der Waals surface area contributed by atoms with Crippen LogP contribution in [0.25, 0.3) is 0 Å². The average molecular weight is 234 g/mol. The van der Waals surface area contributed by atoms with Crippen LogP contribution < -0.4 is 11.1 Å². The van der Waals surface area contributed by atoms with Gasteiger partial charge in [-0.2, -0.15) is 13.2 Å². The van der Waals surface area contributed by atoms with Gasteiger partial charge in [-0.05, 0) is 6.42 Å². The molecule has 7 heteroatoms. The van der Waals surface area contributed by atoms with E-state index in [0.29, 0.717) is 12.0 Å². The van der Waals surface area contributed by atoms with Gasteiger partial charge in [0, 0.05) is 5.56 Å². The predicted octanol–water partition coefficient (Wildman–Crippen LogP) is 1.99. The zero-order valence-corrected chi connectivity index (χ0v) is 8.80. The summed E-state index contributed by atoms with van der Waals surface area (Å²) in [6.07, 6.45) is -1.82. The maximum atomic E-state index is 12.0. The Morgan fingerprint density at radius 3 is 2.62 bits per heavy atom. The highest BCUT2D eigenvalue weighted by molar-refractivity contribution is 5.55. The maximum Gasteiger partial charge on any atom is 0.405 e. The van der Waals surface area contributed by atoms with E-state index in [2.05, 4.69) is 15.3 Å². The van der Waals surface area contributed by atoms with E-state index in [1.807, 2.05) is 6.92 Å². The van der Waals surface area contributed by atoms with Crippen molar-refractivity contribution in [2.24, 2.45) is 0 Å². The van der Waals surface area contributed by atoms with E-state index in [4.69, 9.17) is 5.73 Å². The number of anilines is 2. The van der Waals surface area contributed by atoms with Crippen molar-refractivity contribution < 1.29 is 13.2 Å². The van der Waals surface area contributed by atoms with Crippen LogP contribution in [0.4, 0.5) is 24.8 Å². The van der Waals surface area contributed by atoms with Crippen molar-refractivity contribution in [2.45, 2.75) is 25.9 Å². The van der Waals surface area contributed by atoms with Gasteiger partial charge in [-0.1, -0.05) is 13.3 Å². The van der Waals surface area contributed by atoms with Gasteiger partial charge in [0.2, 0.25) is 0 Å². The van der Waals surface area contributed by atoms with Gasteiger partial charge < -0.3 is 11.1 Å². The van der Waals surface area contributed by atoms with E-state index in [9.17, 15) is 13.2 Å². The smallest absolute Gasteiger partial charge is 0.383 e. The normalized spacial score (nSPS) is 11.5. The molecular formula is C9H13F3N4. The predicted molar refractivity (Wildman–Crippen MR) is 55.0 cm³/mol. The lowest BCUT2D eigenvalue weighted by molar-refractivity contribution is -0.115. The monoisotopic (exact) mass is 234 g/mol. The molecule has 0 fully saturated rings. The summed E-state index contributed by atoms with van der Waals surface area (Å²) in [5, 5.41) is 2.22. The average Bonchev–Trinajstić information content (AvgIpc) is 2.18. The second-order valence-corrected chi connectivity index (χ2v) is 3.30. The number of nitrogens with two attached hydrogens (primary N) is 1. The zero-order valence-electron chi connectivity index (χ0n) is 8.80. The molecule has 3 N–H and O–H groups in total. The standard InChI is InChI=1S/C9H13F3N4/c1-2-3-6-7(13)15-5-16-8(6)14-4-9(10,11)12/h5H,2-4H2,1H3,(H3,13,14,15,16). The van der Waals surface area contributed by atoms with Crippen LogP contribution in [0.5, 0.6) is 0 Å². The molecule has 0 spiro atoms. The number of nitrogens with one attached hydrogen (secondary N) is 1. The van der Waals surface area contributed by atoms with Gasteiger partial charge in [-0.25, -0.2) is 9.97 Å². The van der Waals surface area contributed by atoms with Crippen LogP contribution in [0.3, 0.4) is 0 Å². The molecule has 0 saturated carbocycles. The summed E-state index contributed by atoms with van der Waals surface area (Å²) in [5.74, 6) is 0.383. The van der Waals surface area contributed by atoms with Crippen molar-refractivity contribution in [3.63, 3.8) is 0 Å². The van der Waals surface area contributed by atoms with Crippen LogP contribution in [0.15, 0.2) is 6.33 Å². The number of alkyl halides is 3. The van der Waals surface area contributed by atoms with Crippen molar-refractivity contribution in [1.29, 1.82) is 0 Å². The maximum absolute atomic E-state index is 12.0. The minimum Gasteiger partial charge on any atom is -0.383 e. The van der Waals surface area contributed by atoms with Crippen molar-refractivity contribution in [3.05, 3.63) is 11.9 Å². The van der Waals surface area contributed by atoms with Gasteiger partial charge in [0.05, 0.1) is 0 Å². The Labute approximate surface area is 91.1 Å². The first-order chi connectivity index (χ1) is 7.44. The molecule has 0 saturated heterocycles. The van der Waals surface area contributed by atoms with Crippen molar-refractivity contribution in [3.8, 4) is 0 Å². The van der Waals surface area contributed by atoms with Gasteiger partial charge in [0.25, 0.3) is 0 Å². The summed E-state index contributed by atoms with van der Waals surface area (Å²) < 4.78 is 36.1. The Bertz CT molecular complexity index is 351. The van der Waals surface area contributed by atoms with Crippen LogP contribution >= 0.6 is 0 Å². The first-order valence-electron chi connectivity index (χ1n) is 4.84. The van der Waals surface area contributed by atoms with Crippen molar-refractivity contribution in [2.75, 3.05) is 17.6 Å². The second kappa shape index (κ2) is 5.00. The van der Waals surface area contributed by atoms with Crippen LogP contribution in [-0.2, 0) is 6.42 Å². The molecule has 0 aliphatic rings. The zero-order chi connectivity index (χ0) is 12.2. The Hall–Kier alpha value is -1.53. The summed E-state index contributed by atoms with van der Waals surface area (Å²) in [6.45, 7) is 0.778.